The first-order valence-electron chi connectivity index (χ1n) is 9.21. The number of esters is 2. The predicted molar refractivity (Wildman–Crippen MR) is 104 cm³/mol. The molecule has 0 saturated heterocycles. The van der Waals surface area contributed by atoms with Crippen molar-refractivity contribution in [3.63, 3.8) is 0 Å². The number of hydroxylamine groups is 2. The fourth-order valence-electron chi connectivity index (χ4n) is 1.70. The smallest absolute Gasteiger partial charge is 0.336 e. The van der Waals surface area contributed by atoms with Crippen molar-refractivity contribution in [3.8, 4) is 0 Å². The Balaban J connectivity index is 4.97. The lowest BCUT2D eigenvalue weighted by atomic mass is 9.98. The highest BCUT2D eigenvalue weighted by atomic mass is 31.2. The summed E-state index contributed by atoms with van der Waals surface area (Å²) in [4.78, 5) is 34.9. The van der Waals surface area contributed by atoms with Crippen LogP contribution in [-0.4, -0.2) is 53.9 Å². The lowest BCUT2D eigenvalue weighted by Crippen LogP contribution is -2.34. The van der Waals surface area contributed by atoms with Gasteiger partial charge >= 0.3 is 19.5 Å². The van der Waals surface area contributed by atoms with Crippen molar-refractivity contribution in [3.05, 3.63) is 0 Å². The monoisotopic (exact) mass is 439 g/mol. The first-order valence-corrected chi connectivity index (χ1v) is 10.9. The minimum Gasteiger partial charge on any atom is -0.438 e. The van der Waals surface area contributed by atoms with Crippen LogP contribution in [0.15, 0.2) is 0 Å². The molecule has 0 aromatic carbocycles. The summed E-state index contributed by atoms with van der Waals surface area (Å²) in [5.41, 5.74) is -1.55. The average molecular weight is 439 g/mol. The second-order valence-electron chi connectivity index (χ2n) is 8.69. The van der Waals surface area contributed by atoms with Crippen molar-refractivity contribution in [2.45, 2.75) is 67.9 Å². The molecule has 1 N–H and O–H groups in total. The van der Waals surface area contributed by atoms with Crippen molar-refractivity contribution in [2.75, 3.05) is 19.7 Å². The highest BCUT2D eigenvalue weighted by Gasteiger charge is 2.31. The van der Waals surface area contributed by atoms with Crippen LogP contribution >= 0.6 is 7.60 Å². The van der Waals surface area contributed by atoms with Gasteiger partial charge < -0.3 is 9.47 Å². The maximum Gasteiger partial charge on any atom is 0.336 e. The van der Waals surface area contributed by atoms with Gasteiger partial charge in [0.2, 0.25) is 19.5 Å². The van der Waals surface area contributed by atoms with Crippen LogP contribution in [0, 0.1) is 10.8 Å². The van der Waals surface area contributed by atoms with Crippen molar-refractivity contribution in [2.24, 2.45) is 10.8 Å². The van der Waals surface area contributed by atoms with Gasteiger partial charge in [-0.2, -0.15) is 0 Å². The van der Waals surface area contributed by atoms with E-state index in [1.165, 1.54) is 6.92 Å². The van der Waals surface area contributed by atoms with Crippen molar-refractivity contribution >= 4 is 25.4 Å². The summed E-state index contributed by atoms with van der Waals surface area (Å²) in [5, 5.41) is 10.1. The SMILES string of the molecule is CC(=O)N(O)C(C)CCP(=O)(OCOC(=O)C(C)(C)C)OCOC(=O)C(C)(C)C. The fourth-order valence-corrected chi connectivity index (χ4v) is 3.15. The highest BCUT2D eigenvalue weighted by molar-refractivity contribution is 7.53. The Bertz CT molecular complexity index is 586. The Morgan fingerprint density at radius 3 is 1.62 bits per heavy atom. The number of nitrogens with zero attached hydrogens (tertiary/aromatic N) is 1. The molecule has 1 atom stereocenters. The van der Waals surface area contributed by atoms with Crippen LogP contribution < -0.4 is 0 Å². The first kappa shape index (κ1) is 27.5. The van der Waals surface area contributed by atoms with Crippen LogP contribution in [0.25, 0.3) is 0 Å². The van der Waals surface area contributed by atoms with Crippen LogP contribution in [0.4, 0.5) is 0 Å². The molecule has 0 spiro atoms. The van der Waals surface area contributed by atoms with Gasteiger partial charge in [0, 0.05) is 6.92 Å². The van der Waals surface area contributed by atoms with Gasteiger partial charge in [-0.15, -0.1) is 0 Å². The van der Waals surface area contributed by atoms with Gasteiger partial charge in [-0.3, -0.25) is 33.2 Å². The number of carbonyl (C=O) groups excluding carboxylic acids is 3. The summed E-state index contributed by atoms with van der Waals surface area (Å²) in [7, 11) is -3.86. The van der Waals surface area contributed by atoms with Crippen LogP contribution in [0.1, 0.15) is 61.8 Å². The van der Waals surface area contributed by atoms with Gasteiger partial charge in [-0.25, -0.2) is 5.06 Å². The Hall–Kier alpha value is -1.48. The molecule has 0 heterocycles. The van der Waals surface area contributed by atoms with E-state index in [1.54, 1.807) is 48.5 Å². The molecule has 0 fully saturated rings. The van der Waals surface area contributed by atoms with E-state index < -0.39 is 55.9 Å². The summed E-state index contributed by atoms with van der Waals surface area (Å²) < 4.78 is 33.2. The van der Waals surface area contributed by atoms with E-state index in [2.05, 4.69) is 0 Å². The number of hydrogen-bond acceptors (Lipinski definition) is 9. The van der Waals surface area contributed by atoms with Crippen molar-refractivity contribution in [1.82, 2.24) is 5.06 Å². The van der Waals surface area contributed by atoms with E-state index in [1.807, 2.05) is 0 Å². The molecule has 29 heavy (non-hydrogen) atoms. The van der Waals surface area contributed by atoms with Crippen LogP contribution in [0.2, 0.25) is 0 Å². The molecule has 0 aliphatic rings. The van der Waals surface area contributed by atoms with Gasteiger partial charge in [-0.1, -0.05) is 0 Å². The van der Waals surface area contributed by atoms with E-state index in [4.69, 9.17) is 18.5 Å². The maximum absolute atomic E-state index is 13.0. The highest BCUT2D eigenvalue weighted by Crippen LogP contribution is 2.49. The second-order valence-corrected chi connectivity index (χ2v) is 10.9. The summed E-state index contributed by atoms with van der Waals surface area (Å²) >= 11 is 0. The van der Waals surface area contributed by atoms with E-state index in [0.717, 1.165) is 0 Å². The second kappa shape index (κ2) is 11.1. The van der Waals surface area contributed by atoms with Gasteiger partial charge in [-0.05, 0) is 54.9 Å². The molecule has 0 rings (SSSR count). The molecule has 170 valence electrons. The molecule has 0 saturated carbocycles. The third-order valence-corrected chi connectivity index (χ3v) is 5.47. The summed E-state index contributed by atoms with van der Waals surface area (Å²) in [6.07, 6.45) is -0.146. The normalized spacial score (nSPS) is 13.6. The number of rotatable bonds is 10. The Labute approximate surface area is 172 Å². The first-order chi connectivity index (χ1) is 13.0. The molecule has 11 heteroatoms. The predicted octanol–water partition coefficient (Wildman–Crippen LogP) is 3.32. The minimum atomic E-state index is -3.86. The molecule has 0 radical (unpaired) electrons. The number of hydrogen-bond donors (Lipinski definition) is 1. The topological polar surface area (TPSA) is 129 Å². The van der Waals surface area contributed by atoms with E-state index in [9.17, 15) is 24.2 Å². The third-order valence-electron chi connectivity index (χ3n) is 3.66. The molecule has 1 amide bonds. The van der Waals surface area contributed by atoms with E-state index in [-0.39, 0.29) is 12.6 Å². The number of carbonyl (C=O) groups is 3. The standard InChI is InChI=1S/C18H34NO9P/c1-13(19(23)14(2)20)9-10-29(24,27-11-25-15(21)17(3,4)5)28-12-26-16(22)18(6,7)8/h13,23H,9-12H2,1-8H3. The van der Waals surface area contributed by atoms with Gasteiger partial charge in [0.25, 0.3) is 0 Å². The van der Waals surface area contributed by atoms with Crippen LogP contribution in [0.5, 0.6) is 0 Å². The fraction of sp³-hybridized carbons (Fsp3) is 0.833. The average Bonchev–Trinajstić information content (AvgIpc) is 2.57. The Kier molecular flexibility index (Phi) is 10.5. The van der Waals surface area contributed by atoms with Crippen molar-refractivity contribution in [1.29, 1.82) is 0 Å². The number of amides is 1. The molecule has 10 nitrogen and oxygen atoms in total. The van der Waals surface area contributed by atoms with E-state index in [0.29, 0.717) is 5.06 Å². The van der Waals surface area contributed by atoms with Gasteiger partial charge in [0.05, 0.1) is 23.0 Å². The summed E-state index contributed by atoms with van der Waals surface area (Å²) in [6.45, 7) is 11.4. The molecule has 0 bridgehead atoms. The van der Waals surface area contributed by atoms with Crippen molar-refractivity contribution < 1.29 is 42.7 Å². The Morgan fingerprint density at radius 1 is 0.931 bits per heavy atom. The van der Waals surface area contributed by atoms with E-state index >= 15 is 0 Å². The molecule has 0 aliphatic heterocycles. The number of ether oxygens (including phenoxy) is 2. The summed E-state index contributed by atoms with van der Waals surface area (Å²) in [5.74, 6) is -1.70. The van der Waals surface area contributed by atoms with Crippen LogP contribution in [0.3, 0.4) is 0 Å². The molecule has 0 aromatic rings. The molecule has 1 unspecified atom stereocenters. The quantitative estimate of drug-likeness (QED) is 0.179. The molecule has 0 aromatic heterocycles. The Morgan fingerprint density at radius 2 is 1.31 bits per heavy atom. The third kappa shape index (κ3) is 10.7. The zero-order valence-electron chi connectivity index (χ0n) is 18.5. The zero-order chi connectivity index (χ0) is 23.0. The molecular weight excluding hydrogens is 405 g/mol. The lowest BCUT2D eigenvalue weighted by molar-refractivity contribution is -0.172. The summed E-state index contributed by atoms with van der Waals surface area (Å²) in [6, 6.07) is -0.665. The molecular formula is C18H34NO9P. The van der Waals surface area contributed by atoms with Crippen LogP contribution in [-0.2, 0) is 37.5 Å². The van der Waals surface area contributed by atoms with Gasteiger partial charge in [0.1, 0.15) is 0 Å². The van der Waals surface area contributed by atoms with Gasteiger partial charge in [0.15, 0.2) is 0 Å². The molecule has 0 aliphatic carbocycles. The largest absolute Gasteiger partial charge is 0.438 e. The lowest BCUT2D eigenvalue weighted by Gasteiger charge is -2.25. The minimum absolute atomic E-state index is 0.0633. The maximum atomic E-state index is 13.0. The zero-order valence-corrected chi connectivity index (χ0v) is 19.4.